The predicted octanol–water partition coefficient (Wildman–Crippen LogP) is 3.21. The minimum atomic E-state index is -4.65. The minimum Gasteiger partial charge on any atom is -0.469 e. The highest BCUT2D eigenvalue weighted by atomic mass is 35.5. The van der Waals surface area contributed by atoms with Crippen LogP contribution < -0.4 is 0 Å². The highest BCUT2D eigenvalue weighted by Gasteiger charge is 2.32. The molecule has 1 aromatic carbocycles. The quantitative estimate of drug-likeness (QED) is 0.609. The van der Waals surface area contributed by atoms with E-state index in [-0.39, 0.29) is 0 Å². The van der Waals surface area contributed by atoms with E-state index in [1.54, 1.807) is 0 Å². The van der Waals surface area contributed by atoms with Crippen molar-refractivity contribution in [2.75, 3.05) is 7.11 Å². The molecule has 0 spiro atoms. The molecule has 0 saturated carbocycles. The molecule has 0 aliphatic carbocycles. The van der Waals surface area contributed by atoms with Crippen LogP contribution >= 0.6 is 11.6 Å². The Morgan fingerprint density at radius 2 is 2.00 bits per heavy atom. The smallest absolute Gasteiger partial charge is 0.416 e. The fraction of sp³-hybridized carbons (Fsp3) is 0.300. The van der Waals surface area contributed by atoms with E-state index in [2.05, 4.69) is 4.74 Å². The van der Waals surface area contributed by atoms with Crippen LogP contribution in [0.1, 0.15) is 11.1 Å². The summed E-state index contributed by atoms with van der Waals surface area (Å²) in [5, 5.41) is -0.682. The van der Waals surface area contributed by atoms with Gasteiger partial charge in [0.2, 0.25) is 0 Å². The van der Waals surface area contributed by atoms with Crippen LogP contribution in [0, 0.1) is 5.82 Å². The van der Waals surface area contributed by atoms with E-state index < -0.39 is 40.5 Å². The molecule has 0 aromatic heterocycles. The van der Waals surface area contributed by atoms with Crippen molar-refractivity contribution in [3.8, 4) is 0 Å². The van der Waals surface area contributed by atoms with Crippen LogP contribution in [0.25, 0.3) is 0 Å². The number of carbonyl (C=O) groups excluding carboxylic acids is 1. The predicted molar refractivity (Wildman–Crippen MR) is 52.1 cm³/mol. The molecule has 0 fully saturated rings. The zero-order valence-corrected chi connectivity index (χ0v) is 9.32. The lowest BCUT2D eigenvalue weighted by atomic mass is 10.1. The van der Waals surface area contributed by atoms with Gasteiger partial charge in [-0.3, -0.25) is 4.79 Å². The monoisotopic (exact) mass is 270 g/mol. The summed E-state index contributed by atoms with van der Waals surface area (Å²) < 4.78 is 54.8. The molecule has 0 amide bonds. The lowest BCUT2D eigenvalue weighted by Gasteiger charge is -2.10. The minimum absolute atomic E-state index is 0.448. The summed E-state index contributed by atoms with van der Waals surface area (Å²) in [6, 6.07) is 1.01. The summed E-state index contributed by atoms with van der Waals surface area (Å²) >= 11 is 5.32. The maximum absolute atomic E-state index is 13.4. The fourth-order valence-electron chi connectivity index (χ4n) is 1.17. The van der Waals surface area contributed by atoms with Gasteiger partial charge in [0.25, 0.3) is 0 Å². The van der Waals surface area contributed by atoms with E-state index in [0.29, 0.717) is 12.1 Å². The van der Waals surface area contributed by atoms with E-state index >= 15 is 0 Å². The first kappa shape index (κ1) is 13.8. The molecule has 0 aliphatic rings. The first-order chi connectivity index (χ1) is 7.75. The Bertz CT molecular complexity index is 443. The molecule has 0 atom stereocenters. The van der Waals surface area contributed by atoms with Gasteiger partial charge < -0.3 is 4.74 Å². The summed E-state index contributed by atoms with van der Waals surface area (Å²) in [5.41, 5.74) is -1.56. The average Bonchev–Trinajstić information content (AvgIpc) is 2.22. The Balaban J connectivity index is 3.21. The van der Waals surface area contributed by atoms with Crippen molar-refractivity contribution in [2.24, 2.45) is 0 Å². The molecule has 1 aromatic rings. The van der Waals surface area contributed by atoms with Crippen molar-refractivity contribution in [3.63, 3.8) is 0 Å². The summed E-state index contributed by atoms with van der Waals surface area (Å²) in [7, 11) is 1.05. The molecule has 7 heteroatoms. The first-order valence-electron chi connectivity index (χ1n) is 4.37. The number of halogens is 5. The van der Waals surface area contributed by atoms with Gasteiger partial charge in [-0.05, 0) is 12.1 Å². The average molecular weight is 271 g/mol. The SMILES string of the molecule is COC(=O)Cc1cc(C(F)(F)F)cc(Cl)c1F. The van der Waals surface area contributed by atoms with Crippen LogP contribution in [0.5, 0.6) is 0 Å². The van der Waals surface area contributed by atoms with Crippen molar-refractivity contribution >= 4 is 17.6 Å². The number of hydrogen-bond acceptors (Lipinski definition) is 2. The number of benzene rings is 1. The maximum atomic E-state index is 13.4. The highest BCUT2D eigenvalue weighted by Crippen LogP contribution is 2.33. The normalized spacial score (nSPS) is 11.4. The van der Waals surface area contributed by atoms with E-state index in [1.807, 2.05) is 0 Å². The Morgan fingerprint density at radius 3 is 2.47 bits per heavy atom. The first-order valence-corrected chi connectivity index (χ1v) is 4.75. The third-order valence-corrected chi connectivity index (χ3v) is 2.27. The van der Waals surface area contributed by atoms with Gasteiger partial charge >= 0.3 is 12.1 Å². The zero-order valence-electron chi connectivity index (χ0n) is 8.57. The Labute approximate surface area is 99.1 Å². The molecule has 0 aliphatic heterocycles. The van der Waals surface area contributed by atoms with Gasteiger partial charge in [0.1, 0.15) is 5.82 Å². The van der Waals surface area contributed by atoms with Crippen LogP contribution in [0.3, 0.4) is 0 Å². The van der Waals surface area contributed by atoms with Gasteiger partial charge in [-0.15, -0.1) is 0 Å². The second-order valence-corrected chi connectivity index (χ2v) is 3.59. The second-order valence-electron chi connectivity index (χ2n) is 3.18. The van der Waals surface area contributed by atoms with Gasteiger partial charge in [-0.2, -0.15) is 13.2 Å². The molecule has 0 N–H and O–H groups in total. The third-order valence-electron chi connectivity index (χ3n) is 1.99. The molecular formula is C10H7ClF4O2. The Kier molecular flexibility index (Phi) is 3.98. The molecule has 0 heterocycles. The van der Waals surface area contributed by atoms with Crippen molar-refractivity contribution in [2.45, 2.75) is 12.6 Å². The molecule has 0 unspecified atom stereocenters. The number of carbonyl (C=O) groups is 1. The number of hydrogen-bond donors (Lipinski definition) is 0. The number of esters is 1. The van der Waals surface area contributed by atoms with Gasteiger partial charge in [0.05, 0.1) is 24.1 Å². The number of ether oxygens (including phenoxy) is 1. The van der Waals surface area contributed by atoms with Crippen LogP contribution in [0.4, 0.5) is 17.6 Å². The van der Waals surface area contributed by atoms with E-state index in [0.717, 1.165) is 7.11 Å². The summed E-state index contributed by atoms with van der Waals surface area (Å²) in [6.45, 7) is 0. The van der Waals surface area contributed by atoms with Crippen LogP contribution in [0.2, 0.25) is 5.02 Å². The van der Waals surface area contributed by atoms with E-state index in [9.17, 15) is 22.4 Å². The maximum Gasteiger partial charge on any atom is 0.416 e. The van der Waals surface area contributed by atoms with Gasteiger partial charge in [0, 0.05) is 5.56 Å². The van der Waals surface area contributed by atoms with Crippen molar-refractivity contribution in [3.05, 3.63) is 34.1 Å². The number of alkyl halides is 3. The van der Waals surface area contributed by atoms with Gasteiger partial charge in [0.15, 0.2) is 0 Å². The molecule has 0 radical (unpaired) electrons. The van der Waals surface area contributed by atoms with Crippen molar-refractivity contribution in [1.29, 1.82) is 0 Å². The van der Waals surface area contributed by atoms with Crippen molar-refractivity contribution < 1.29 is 27.1 Å². The van der Waals surface area contributed by atoms with Gasteiger partial charge in [-0.1, -0.05) is 11.6 Å². The topological polar surface area (TPSA) is 26.3 Å². The Morgan fingerprint density at radius 1 is 1.41 bits per heavy atom. The number of methoxy groups -OCH3 is 1. The van der Waals surface area contributed by atoms with Crippen LogP contribution in [-0.4, -0.2) is 13.1 Å². The van der Waals surface area contributed by atoms with Crippen LogP contribution in [-0.2, 0) is 22.1 Å². The van der Waals surface area contributed by atoms with Crippen molar-refractivity contribution in [1.82, 2.24) is 0 Å². The zero-order chi connectivity index (χ0) is 13.2. The lowest BCUT2D eigenvalue weighted by Crippen LogP contribution is -2.10. The Hall–Kier alpha value is -1.30. The molecular weight excluding hydrogens is 264 g/mol. The van der Waals surface area contributed by atoms with Crippen LogP contribution in [0.15, 0.2) is 12.1 Å². The molecule has 0 saturated heterocycles. The molecule has 2 nitrogen and oxygen atoms in total. The highest BCUT2D eigenvalue weighted by molar-refractivity contribution is 6.30. The molecule has 17 heavy (non-hydrogen) atoms. The molecule has 1 rings (SSSR count). The standard InChI is InChI=1S/C10H7ClF4O2/c1-17-8(16)3-5-2-6(10(13,14)15)4-7(11)9(5)12/h2,4H,3H2,1H3. The lowest BCUT2D eigenvalue weighted by molar-refractivity contribution is -0.140. The largest absolute Gasteiger partial charge is 0.469 e. The summed E-state index contributed by atoms with van der Waals surface area (Å²) in [4.78, 5) is 10.9. The molecule has 0 bridgehead atoms. The van der Waals surface area contributed by atoms with E-state index in [1.165, 1.54) is 0 Å². The number of rotatable bonds is 2. The third kappa shape index (κ3) is 3.33. The summed E-state index contributed by atoms with van der Waals surface area (Å²) in [5.74, 6) is -1.90. The van der Waals surface area contributed by atoms with Gasteiger partial charge in [-0.25, -0.2) is 4.39 Å². The molecule has 94 valence electrons. The fourth-order valence-corrected chi connectivity index (χ4v) is 1.40. The second kappa shape index (κ2) is 4.91. The summed E-state index contributed by atoms with van der Waals surface area (Å²) in [6.07, 6.45) is -5.26. The van der Waals surface area contributed by atoms with E-state index in [4.69, 9.17) is 11.6 Å².